The van der Waals surface area contributed by atoms with Gasteiger partial charge >= 0.3 is 0 Å². The van der Waals surface area contributed by atoms with Gasteiger partial charge in [-0.1, -0.05) is 6.92 Å². The molecule has 0 saturated heterocycles. The largest absolute Gasteiger partial charge is 0.393 e. The maximum Gasteiger partial charge on any atom is 0.240 e. The van der Waals surface area contributed by atoms with Crippen LogP contribution in [0.4, 0.5) is 0 Å². The Balaban J connectivity index is 1.88. The Morgan fingerprint density at radius 3 is 2.74 bits per heavy atom. The summed E-state index contributed by atoms with van der Waals surface area (Å²) in [6.45, 7) is 6.30. The van der Waals surface area contributed by atoms with Crippen LogP contribution < -0.4 is 5.32 Å². The first-order valence-corrected chi connectivity index (χ1v) is 6.97. The highest BCUT2D eigenvalue weighted by Crippen LogP contribution is 2.31. The predicted octanol–water partition coefficient (Wildman–Crippen LogP) is 1.17. The SMILES string of the molecule is CC[C@@H](NC(=O)Cn1cnc(C)c1C)C1CC(O)C1. The first-order valence-electron chi connectivity index (χ1n) is 6.97. The zero-order chi connectivity index (χ0) is 14.0. The molecule has 1 saturated carbocycles. The van der Waals surface area contributed by atoms with Crippen molar-refractivity contribution in [3.8, 4) is 0 Å². The quantitative estimate of drug-likeness (QED) is 0.839. The van der Waals surface area contributed by atoms with Gasteiger partial charge in [-0.2, -0.15) is 0 Å². The van der Waals surface area contributed by atoms with Gasteiger partial charge in [-0.3, -0.25) is 4.79 Å². The highest BCUT2D eigenvalue weighted by molar-refractivity contribution is 5.76. The summed E-state index contributed by atoms with van der Waals surface area (Å²) in [5.74, 6) is 0.448. The number of rotatable bonds is 5. The monoisotopic (exact) mass is 265 g/mol. The molecule has 0 aliphatic heterocycles. The molecule has 106 valence electrons. The van der Waals surface area contributed by atoms with Gasteiger partial charge in [0.15, 0.2) is 0 Å². The molecule has 5 heteroatoms. The van der Waals surface area contributed by atoms with E-state index in [2.05, 4.69) is 17.2 Å². The van der Waals surface area contributed by atoms with E-state index >= 15 is 0 Å². The van der Waals surface area contributed by atoms with Crippen molar-refractivity contribution in [3.05, 3.63) is 17.7 Å². The van der Waals surface area contributed by atoms with E-state index in [1.54, 1.807) is 6.33 Å². The minimum Gasteiger partial charge on any atom is -0.393 e. The number of aliphatic hydroxyl groups is 1. The lowest BCUT2D eigenvalue weighted by molar-refractivity contribution is -0.123. The Morgan fingerprint density at radius 1 is 1.58 bits per heavy atom. The molecule has 0 aromatic carbocycles. The van der Waals surface area contributed by atoms with Gasteiger partial charge in [-0.05, 0) is 39.0 Å². The van der Waals surface area contributed by atoms with E-state index in [0.29, 0.717) is 12.5 Å². The Kier molecular flexibility index (Phi) is 4.24. The fourth-order valence-electron chi connectivity index (χ4n) is 2.62. The molecule has 1 fully saturated rings. The van der Waals surface area contributed by atoms with E-state index < -0.39 is 0 Å². The molecule has 0 spiro atoms. The second kappa shape index (κ2) is 5.74. The molecule has 1 aromatic heterocycles. The summed E-state index contributed by atoms with van der Waals surface area (Å²) in [5, 5.41) is 12.4. The van der Waals surface area contributed by atoms with Crippen LogP contribution in [0.1, 0.15) is 37.6 Å². The van der Waals surface area contributed by atoms with E-state index in [1.165, 1.54) is 0 Å². The summed E-state index contributed by atoms with van der Waals surface area (Å²) in [6.07, 6.45) is 4.06. The van der Waals surface area contributed by atoms with Crippen molar-refractivity contribution >= 4 is 5.91 Å². The zero-order valence-electron chi connectivity index (χ0n) is 11.9. The number of aryl methyl sites for hydroxylation is 1. The molecular weight excluding hydrogens is 242 g/mol. The van der Waals surface area contributed by atoms with Crippen LogP contribution in [0.15, 0.2) is 6.33 Å². The minimum atomic E-state index is -0.172. The van der Waals surface area contributed by atoms with Gasteiger partial charge in [0.1, 0.15) is 6.54 Å². The van der Waals surface area contributed by atoms with Crippen LogP contribution in [0.3, 0.4) is 0 Å². The number of carbonyl (C=O) groups is 1. The summed E-state index contributed by atoms with van der Waals surface area (Å²) in [6, 6.07) is 0.181. The third-order valence-corrected chi connectivity index (χ3v) is 4.16. The summed E-state index contributed by atoms with van der Waals surface area (Å²) in [5.41, 5.74) is 1.99. The van der Waals surface area contributed by atoms with Gasteiger partial charge in [-0.25, -0.2) is 4.98 Å². The molecule has 1 atom stereocenters. The van der Waals surface area contributed by atoms with E-state index in [1.807, 2.05) is 18.4 Å². The van der Waals surface area contributed by atoms with Gasteiger partial charge in [0.2, 0.25) is 5.91 Å². The fraction of sp³-hybridized carbons (Fsp3) is 0.714. The third kappa shape index (κ3) is 3.15. The number of carbonyl (C=O) groups excluding carboxylic acids is 1. The first-order chi connectivity index (χ1) is 9.01. The van der Waals surface area contributed by atoms with Crippen LogP contribution in [-0.2, 0) is 11.3 Å². The van der Waals surface area contributed by atoms with Crippen molar-refractivity contribution in [2.75, 3.05) is 0 Å². The van der Waals surface area contributed by atoms with E-state index in [0.717, 1.165) is 30.7 Å². The Labute approximate surface area is 114 Å². The number of nitrogens with one attached hydrogen (secondary N) is 1. The number of aliphatic hydroxyl groups excluding tert-OH is 1. The normalized spacial score (nSPS) is 23.8. The summed E-state index contributed by atoms with van der Waals surface area (Å²) < 4.78 is 1.87. The maximum atomic E-state index is 12.0. The number of aromatic nitrogens is 2. The van der Waals surface area contributed by atoms with Crippen LogP contribution in [0.25, 0.3) is 0 Å². The second-order valence-electron chi connectivity index (χ2n) is 5.51. The Morgan fingerprint density at radius 2 is 2.26 bits per heavy atom. The highest BCUT2D eigenvalue weighted by Gasteiger charge is 2.33. The van der Waals surface area contributed by atoms with Crippen molar-refractivity contribution in [3.63, 3.8) is 0 Å². The van der Waals surface area contributed by atoms with Crippen LogP contribution in [0, 0.1) is 19.8 Å². The number of imidazole rings is 1. The molecule has 0 bridgehead atoms. The average Bonchev–Trinajstić information content (AvgIpc) is 2.64. The van der Waals surface area contributed by atoms with Crippen molar-refractivity contribution in [2.45, 2.75) is 58.7 Å². The van der Waals surface area contributed by atoms with Gasteiger partial charge < -0.3 is 15.0 Å². The van der Waals surface area contributed by atoms with Crippen molar-refractivity contribution in [1.29, 1.82) is 0 Å². The molecular formula is C14H23N3O2. The average molecular weight is 265 g/mol. The van der Waals surface area contributed by atoms with Gasteiger partial charge in [-0.15, -0.1) is 0 Å². The molecule has 1 amide bonds. The Bertz CT molecular complexity index is 450. The van der Waals surface area contributed by atoms with E-state index in [-0.39, 0.29) is 18.1 Å². The van der Waals surface area contributed by atoms with Gasteiger partial charge in [0.25, 0.3) is 0 Å². The highest BCUT2D eigenvalue weighted by atomic mass is 16.3. The topological polar surface area (TPSA) is 67.2 Å². The molecule has 19 heavy (non-hydrogen) atoms. The first kappa shape index (κ1) is 14.1. The van der Waals surface area contributed by atoms with Crippen LogP contribution in [0.5, 0.6) is 0 Å². The molecule has 1 aliphatic carbocycles. The van der Waals surface area contributed by atoms with Crippen molar-refractivity contribution in [1.82, 2.24) is 14.9 Å². The van der Waals surface area contributed by atoms with E-state index in [9.17, 15) is 9.90 Å². The van der Waals surface area contributed by atoms with E-state index in [4.69, 9.17) is 0 Å². The summed E-state index contributed by atoms with van der Waals surface area (Å²) in [4.78, 5) is 16.2. The summed E-state index contributed by atoms with van der Waals surface area (Å²) >= 11 is 0. The zero-order valence-corrected chi connectivity index (χ0v) is 11.9. The maximum absolute atomic E-state index is 12.0. The van der Waals surface area contributed by atoms with Crippen LogP contribution >= 0.6 is 0 Å². The van der Waals surface area contributed by atoms with Crippen molar-refractivity contribution in [2.24, 2.45) is 5.92 Å². The predicted molar refractivity (Wildman–Crippen MR) is 72.7 cm³/mol. The number of hydrogen-bond donors (Lipinski definition) is 2. The van der Waals surface area contributed by atoms with Crippen molar-refractivity contribution < 1.29 is 9.90 Å². The molecule has 2 rings (SSSR count). The van der Waals surface area contributed by atoms with Crippen LogP contribution in [0.2, 0.25) is 0 Å². The molecule has 1 aliphatic rings. The molecule has 0 unspecified atom stereocenters. The number of nitrogens with zero attached hydrogens (tertiary/aromatic N) is 2. The lowest BCUT2D eigenvalue weighted by atomic mass is 9.76. The summed E-state index contributed by atoms with van der Waals surface area (Å²) in [7, 11) is 0. The molecule has 0 radical (unpaired) electrons. The molecule has 5 nitrogen and oxygen atoms in total. The number of hydrogen-bond acceptors (Lipinski definition) is 3. The minimum absolute atomic E-state index is 0.0220. The Hall–Kier alpha value is -1.36. The molecule has 1 heterocycles. The molecule has 2 N–H and O–H groups in total. The number of amides is 1. The smallest absolute Gasteiger partial charge is 0.240 e. The van der Waals surface area contributed by atoms with Gasteiger partial charge in [0.05, 0.1) is 18.1 Å². The lowest BCUT2D eigenvalue weighted by Crippen LogP contribution is -2.47. The van der Waals surface area contributed by atoms with Gasteiger partial charge in [0, 0.05) is 11.7 Å². The van der Waals surface area contributed by atoms with Crippen LogP contribution in [-0.4, -0.2) is 32.7 Å². The lowest BCUT2D eigenvalue weighted by Gasteiger charge is -2.37. The second-order valence-corrected chi connectivity index (χ2v) is 5.51. The third-order valence-electron chi connectivity index (χ3n) is 4.16. The standard InChI is InChI=1S/C14H23N3O2/c1-4-13(11-5-12(18)6-11)16-14(19)7-17-8-15-9(2)10(17)3/h8,11-13,18H,4-7H2,1-3H3,(H,16,19)/t11?,12?,13-/m1/s1. The molecule has 1 aromatic rings. The fourth-order valence-corrected chi connectivity index (χ4v) is 2.62.